The lowest BCUT2D eigenvalue weighted by Gasteiger charge is -2.33. The topological polar surface area (TPSA) is 29.3 Å². The molecule has 2 fully saturated rings. The molecule has 2 aliphatic rings. The van der Waals surface area contributed by atoms with Crippen molar-refractivity contribution >= 4 is 0 Å². The fourth-order valence-electron chi connectivity index (χ4n) is 3.01. The molecule has 1 heterocycles. The summed E-state index contributed by atoms with van der Waals surface area (Å²) in [6, 6.07) is 1.21. The van der Waals surface area contributed by atoms with Gasteiger partial charge in [0.1, 0.15) is 0 Å². The molecule has 2 rings (SSSR count). The highest BCUT2D eigenvalue weighted by molar-refractivity contribution is 5.13. The Morgan fingerprint density at radius 3 is 2.38 bits per heavy atom. The van der Waals surface area contributed by atoms with E-state index < -0.39 is 0 Å². The van der Waals surface area contributed by atoms with Crippen LogP contribution in [0.4, 0.5) is 0 Å². The fourth-order valence-corrected chi connectivity index (χ4v) is 3.01. The molecule has 2 nitrogen and oxygen atoms in total. The van der Waals surface area contributed by atoms with Gasteiger partial charge in [0.05, 0.1) is 0 Å². The fraction of sp³-hybridized carbons (Fsp3) is 1.00. The lowest BCUT2D eigenvalue weighted by molar-refractivity contribution is 0.152. The zero-order valence-electron chi connectivity index (χ0n) is 9.09. The van der Waals surface area contributed by atoms with Crippen LogP contribution in [0.15, 0.2) is 0 Å². The molecule has 0 spiro atoms. The standard InChI is InChI=1S/C11H22N2/c1-11(2)9(10(11)12)8-6-4-5-7-13(8)3/h8-10H,4-7,12H2,1-3H3/t8?,9-,10-/m1/s1. The molecule has 1 saturated heterocycles. The van der Waals surface area contributed by atoms with E-state index in [4.69, 9.17) is 5.73 Å². The average Bonchev–Trinajstić information content (AvgIpc) is 2.54. The SMILES string of the molecule is CN1CCCCC1[C@@H]1[C@@H](N)C1(C)C. The minimum atomic E-state index is 0.399. The number of piperidine rings is 1. The van der Waals surface area contributed by atoms with E-state index in [1.54, 1.807) is 0 Å². The van der Waals surface area contributed by atoms with Crippen molar-refractivity contribution in [2.75, 3.05) is 13.6 Å². The zero-order chi connectivity index (χ0) is 9.64. The van der Waals surface area contributed by atoms with Crippen LogP contribution in [0.2, 0.25) is 0 Å². The van der Waals surface area contributed by atoms with Gasteiger partial charge in [-0.1, -0.05) is 20.3 Å². The second-order valence-electron chi connectivity index (χ2n) is 5.42. The second kappa shape index (κ2) is 2.96. The summed E-state index contributed by atoms with van der Waals surface area (Å²) in [7, 11) is 2.25. The van der Waals surface area contributed by atoms with Crippen LogP contribution < -0.4 is 5.73 Å². The number of likely N-dealkylation sites (tertiary alicyclic amines) is 1. The Balaban J connectivity index is 2.01. The maximum absolute atomic E-state index is 6.11. The van der Waals surface area contributed by atoms with E-state index in [2.05, 4.69) is 25.8 Å². The maximum atomic E-state index is 6.11. The van der Waals surface area contributed by atoms with Gasteiger partial charge in [0.2, 0.25) is 0 Å². The van der Waals surface area contributed by atoms with Crippen LogP contribution in [0, 0.1) is 11.3 Å². The van der Waals surface area contributed by atoms with E-state index in [0.29, 0.717) is 11.5 Å². The van der Waals surface area contributed by atoms with Crippen LogP contribution in [-0.2, 0) is 0 Å². The van der Waals surface area contributed by atoms with Crippen LogP contribution >= 0.6 is 0 Å². The monoisotopic (exact) mass is 182 g/mol. The van der Waals surface area contributed by atoms with Gasteiger partial charge in [-0.15, -0.1) is 0 Å². The third-order valence-electron chi connectivity index (χ3n) is 4.24. The highest BCUT2D eigenvalue weighted by Gasteiger charge is 2.59. The van der Waals surface area contributed by atoms with Crippen molar-refractivity contribution in [2.45, 2.75) is 45.2 Å². The Kier molecular flexibility index (Phi) is 2.16. The summed E-state index contributed by atoms with van der Waals surface area (Å²) in [5, 5.41) is 0. The van der Waals surface area contributed by atoms with Crippen molar-refractivity contribution in [3.63, 3.8) is 0 Å². The van der Waals surface area contributed by atoms with E-state index in [-0.39, 0.29) is 0 Å². The van der Waals surface area contributed by atoms with Crippen molar-refractivity contribution in [2.24, 2.45) is 17.1 Å². The van der Waals surface area contributed by atoms with Gasteiger partial charge in [0.25, 0.3) is 0 Å². The number of nitrogens with two attached hydrogens (primary N) is 1. The molecule has 1 aliphatic carbocycles. The molecule has 13 heavy (non-hydrogen) atoms. The van der Waals surface area contributed by atoms with E-state index in [9.17, 15) is 0 Å². The third kappa shape index (κ3) is 1.40. The molecular formula is C11H22N2. The lowest BCUT2D eigenvalue weighted by atomic mass is 9.94. The van der Waals surface area contributed by atoms with Gasteiger partial charge < -0.3 is 10.6 Å². The molecule has 0 aromatic rings. The summed E-state index contributed by atoms with van der Waals surface area (Å²) in [5.41, 5.74) is 6.51. The van der Waals surface area contributed by atoms with Crippen molar-refractivity contribution in [3.05, 3.63) is 0 Å². The van der Waals surface area contributed by atoms with E-state index in [1.165, 1.54) is 25.8 Å². The number of nitrogens with zero attached hydrogens (tertiary/aromatic N) is 1. The van der Waals surface area contributed by atoms with Gasteiger partial charge in [-0.3, -0.25) is 0 Å². The summed E-state index contributed by atoms with van der Waals surface area (Å²) in [4.78, 5) is 2.52. The summed E-state index contributed by atoms with van der Waals surface area (Å²) in [5.74, 6) is 0.748. The molecule has 76 valence electrons. The van der Waals surface area contributed by atoms with E-state index >= 15 is 0 Å². The van der Waals surface area contributed by atoms with Gasteiger partial charge in [-0.2, -0.15) is 0 Å². The van der Waals surface area contributed by atoms with Crippen molar-refractivity contribution in [3.8, 4) is 0 Å². The van der Waals surface area contributed by atoms with Crippen LogP contribution in [0.25, 0.3) is 0 Å². The van der Waals surface area contributed by atoms with Crippen LogP contribution in [0.1, 0.15) is 33.1 Å². The molecule has 1 unspecified atom stereocenters. The molecule has 0 amide bonds. The quantitative estimate of drug-likeness (QED) is 0.665. The zero-order valence-corrected chi connectivity index (χ0v) is 9.09. The first kappa shape index (κ1) is 9.47. The largest absolute Gasteiger partial charge is 0.327 e. The normalized spacial score (nSPS) is 44.8. The summed E-state index contributed by atoms with van der Waals surface area (Å²) < 4.78 is 0. The molecule has 1 aliphatic heterocycles. The highest BCUT2D eigenvalue weighted by Crippen LogP contribution is 2.54. The smallest absolute Gasteiger partial charge is 0.0143 e. The predicted molar refractivity (Wildman–Crippen MR) is 55.5 cm³/mol. The summed E-state index contributed by atoms with van der Waals surface area (Å²) >= 11 is 0. The second-order valence-corrected chi connectivity index (χ2v) is 5.42. The molecule has 0 aromatic carbocycles. The highest BCUT2D eigenvalue weighted by atomic mass is 15.2. The maximum Gasteiger partial charge on any atom is 0.0143 e. The molecule has 0 radical (unpaired) electrons. The van der Waals surface area contributed by atoms with Crippen LogP contribution in [0.3, 0.4) is 0 Å². The van der Waals surface area contributed by atoms with E-state index in [0.717, 1.165) is 12.0 Å². The first-order valence-electron chi connectivity index (χ1n) is 5.51. The van der Waals surface area contributed by atoms with E-state index in [1.807, 2.05) is 0 Å². The van der Waals surface area contributed by atoms with Crippen molar-refractivity contribution in [1.82, 2.24) is 4.90 Å². The molecular weight excluding hydrogens is 160 g/mol. The Labute approximate surface area is 81.5 Å². The van der Waals surface area contributed by atoms with Crippen LogP contribution in [0.5, 0.6) is 0 Å². The Bertz CT molecular complexity index is 200. The Morgan fingerprint density at radius 1 is 1.31 bits per heavy atom. The van der Waals surface area contributed by atoms with Gasteiger partial charge in [-0.05, 0) is 37.8 Å². The minimum Gasteiger partial charge on any atom is -0.327 e. The predicted octanol–water partition coefficient (Wildman–Crippen LogP) is 1.45. The molecule has 2 heteroatoms. The summed E-state index contributed by atoms with van der Waals surface area (Å²) in [6.07, 6.45) is 4.13. The third-order valence-corrected chi connectivity index (χ3v) is 4.24. The van der Waals surface area contributed by atoms with Gasteiger partial charge in [-0.25, -0.2) is 0 Å². The molecule has 0 aromatic heterocycles. The first-order chi connectivity index (χ1) is 6.05. The van der Waals surface area contributed by atoms with Gasteiger partial charge in [0.15, 0.2) is 0 Å². The molecule has 1 saturated carbocycles. The number of rotatable bonds is 1. The van der Waals surface area contributed by atoms with Crippen molar-refractivity contribution in [1.29, 1.82) is 0 Å². The number of hydrogen-bond acceptors (Lipinski definition) is 2. The van der Waals surface area contributed by atoms with Gasteiger partial charge >= 0.3 is 0 Å². The van der Waals surface area contributed by atoms with Gasteiger partial charge in [0, 0.05) is 12.1 Å². The summed E-state index contributed by atoms with van der Waals surface area (Å²) in [6.45, 7) is 5.89. The molecule has 3 atom stereocenters. The Morgan fingerprint density at radius 2 is 1.92 bits per heavy atom. The van der Waals surface area contributed by atoms with Crippen molar-refractivity contribution < 1.29 is 0 Å². The first-order valence-corrected chi connectivity index (χ1v) is 5.51. The van der Waals surface area contributed by atoms with Crippen LogP contribution in [-0.4, -0.2) is 30.6 Å². The average molecular weight is 182 g/mol. The molecule has 0 bridgehead atoms. The minimum absolute atomic E-state index is 0.399. The Hall–Kier alpha value is -0.0800. The molecule has 2 N–H and O–H groups in total. The lowest BCUT2D eigenvalue weighted by Crippen LogP contribution is -2.39. The number of hydrogen-bond donors (Lipinski definition) is 1.